The van der Waals surface area contributed by atoms with Gasteiger partial charge in [0, 0.05) is 13.0 Å². The minimum atomic E-state index is -3.09. The molecule has 1 aliphatic rings. The molecule has 0 aromatic carbocycles. The summed E-state index contributed by atoms with van der Waals surface area (Å²) in [5.41, 5.74) is 0. The molecule has 0 radical (unpaired) electrons. The summed E-state index contributed by atoms with van der Waals surface area (Å²) in [6.07, 6.45) is 2.22. The van der Waals surface area contributed by atoms with Gasteiger partial charge in [-0.25, -0.2) is 8.42 Å². The van der Waals surface area contributed by atoms with Crippen LogP contribution in [0.15, 0.2) is 0 Å². The summed E-state index contributed by atoms with van der Waals surface area (Å²) in [6, 6.07) is 0. The molecular formula is C13H26N2O3S. The van der Waals surface area contributed by atoms with Crippen molar-refractivity contribution in [3.05, 3.63) is 0 Å². The van der Waals surface area contributed by atoms with Crippen LogP contribution in [0.5, 0.6) is 0 Å². The van der Waals surface area contributed by atoms with Gasteiger partial charge >= 0.3 is 0 Å². The fraction of sp³-hybridized carbons (Fsp3) is 0.923. The minimum Gasteiger partial charge on any atom is -0.356 e. The lowest BCUT2D eigenvalue weighted by Gasteiger charge is -2.10. The Bertz CT molecular complexity index is 373. The standard InChI is InChI=1S/C13H26N2O3S/c1-11(2)10-19(17,18)8-5-13(16)15-7-4-12-3-6-14-9-12/h11-12,14H,3-10H2,1-2H3,(H,15,16). The lowest BCUT2D eigenvalue weighted by Crippen LogP contribution is -2.28. The lowest BCUT2D eigenvalue weighted by atomic mass is 10.1. The maximum Gasteiger partial charge on any atom is 0.221 e. The molecule has 6 heteroatoms. The van der Waals surface area contributed by atoms with Crippen molar-refractivity contribution in [2.45, 2.75) is 33.1 Å². The third-order valence-corrected chi connectivity index (χ3v) is 5.27. The van der Waals surface area contributed by atoms with Crippen LogP contribution < -0.4 is 10.6 Å². The predicted molar refractivity (Wildman–Crippen MR) is 76.7 cm³/mol. The van der Waals surface area contributed by atoms with Gasteiger partial charge in [0.1, 0.15) is 0 Å². The van der Waals surface area contributed by atoms with Crippen molar-refractivity contribution in [2.75, 3.05) is 31.1 Å². The second kappa shape index (κ2) is 7.85. The molecule has 112 valence electrons. The van der Waals surface area contributed by atoms with Crippen LogP contribution in [-0.4, -0.2) is 45.5 Å². The molecular weight excluding hydrogens is 264 g/mol. The molecule has 0 aromatic rings. The first kappa shape index (κ1) is 16.4. The third-order valence-electron chi connectivity index (χ3n) is 3.26. The van der Waals surface area contributed by atoms with E-state index in [2.05, 4.69) is 10.6 Å². The molecule has 0 saturated carbocycles. The van der Waals surface area contributed by atoms with E-state index in [-0.39, 0.29) is 29.8 Å². The van der Waals surface area contributed by atoms with E-state index < -0.39 is 9.84 Å². The summed E-state index contributed by atoms with van der Waals surface area (Å²) in [5.74, 6) is 0.724. The van der Waals surface area contributed by atoms with E-state index >= 15 is 0 Å². The Morgan fingerprint density at radius 1 is 1.42 bits per heavy atom. The monoisotopic (exact) mass is 290 g/mol. The van der Waals surface area contributed by atoms with Gasteiger partial charge in [-0.3, -0.25) is 4.79 Å². The number of amides is 1. The van der Waals surface area contributed by atoms with E-state index in [1.54, 1.807) is 0 Å². The lowest BCUT2D eigenvalue weighted by molar-refractivity contribution is -0.120. The molecule has 0 aromatic heterocycles. The SMILES string of the molecule is CC(C)CS(=O)(=O)CCC(=O)NCCC1CCNC1. The number of carbonyl (C=O) groups excluding carboxylic acids is 1. The quantitative estimate of drug-likeness (QED) is 0.685. The van der Waals surface area contributed by atoms with Gasteiger partial charge in [0.2, 0.25) is 5.91 Å². The normalized spacial score (nSPS) is 19.8. The molecule has 0 bridgehead atoms. The van der Waals surface area contributed by atoms with Crippen LogP contribution in [0.25, 0.3) is 0 Å². The fourth-order valence-electron chi connectivity index (χ4n) is 2.30. The highest BCUT2D eigenvalue weighted by molar-refractivity contribution is 7.91. The zero-order chi connectivity index (χ0) is 14.3. The fourth-order valence-corrected chi connectivity index (χ4v) is 3.98. The summed E-state index contributed by atoms with van der Waals surface area (Å²) in [6.45, 7) is 6.47. The van der Waals surface area contributed by atoms with Gasteiger partial charge in [-0.05, 0) is 37.8 Å². The molecule has 1 amide bonds. The average Bonchev–Trinajstić information content (AvgIpc) is 2.78. The molecule has 1 aliphatic heterocycles. The van der Waals surface area contributed by atoms with Gasteiger partial charge in [-0.15, -0.1) is 0 Å². The van der Waals surface area contributed by atoms with Gasteiger partial charge in [0.15, 0.2) is 9.84 Å². The van der Waals surface area contributed by atoms with E-state index in [0.717, 1.165) is 19.5 Å². The van der Waals surface area contributed by atoms with Gasteiger partial charge < -0.3 is 10.6 Å². The Balaban J connectivity index is 2.13. The highest BCUT2D eigenvalue weighted by atomic mass is 32.2. The Labute approximate surface area is 116 Å². The van der Waals surface area contributed by atoms with Crippen molar-refractivity contribution in [3.8, 4) is 0 Å². The second-order valence-corrected chi connectivity index (χ2v) is 7.98. The first-order valence-corrected chi connectivity index (χ1v) is 8.89. The zero-order valence-electron chi connectivity index (χ0n) is 11.9. The van der Waals surface area contributed by atoms with Crippen LogP contribution in [0.2, 0.25) is 0 Å². The molecule has 0 spiro atoms. The molecule has 2 N–H and O–H groups in total. The molecule has 1 unspecified atom stereocenters. The van der Waals surface area contributed by atoms with E-state index in [4.69, 9.17) is 0 Å². The van der Waals surface area contributed by atoms with E-state index in [1.807, 2.05) is 13.8 Å². The number of hydrogen-bond acceptors (Lipinski definition) is 4. The van der Waals surface area contributed by atoms with Gasteiger partial charge in [0.25, 0.3) is 0 Å². The smallest absolute Gasteiger partial charge is 0.221 e. The van der Waals surface area contributed by atoms with Crippen molar-refractivity contribution in [1.29, 1.82) is 0 Å². The third kappa shape index (κ3) is 7.52. The molecule has 1 rings (SSSR count). The van der Waals surface area contributed by atoms with Crippen LogP contribution in [0.3, 0.4) is 0 Å². The minimum absolute atomic E-state index is 0.0397. The molecule has 5 nitrogen and oxygen atoms in total. The number of rotatable bonds is 8. The van der Waals surface area contributed by atoms with Crippen LogP contribution in [0, 0.1) is 11.8 Å². The number of carbonyl (C=O) groups is 1. The first-order valence-electron chi connectivity index (χ1n) is 7.07. The summed E-state index contributed by atoms with van der Waals surface area (Å²) in [5, 5.41) is 6.09. The summed E-state index contributed by atoms with van der Waals surface area (Å²) >= 11 is 0. The molecule has 1 heterocycles. The van der Waals surface area contributed by atoms with Crippen molar-refractivity contribution in [1.82, 2.24) is 10.6 Å². The summed E-state index contributed by atoms with van der Waals surface area (Å²) < 4.78 is 23.3. The molecule has 1 atom stereocenters. The second-order valence-electron chi connectivity index (χ2n) is 5.76. The molecule has 0 aliphatic carbocycles. The Morgan fingerprint density at radius 3 is 2.74 bits per heavy atom. The Kier molecular flexibility index (Phi) is 6.79. The highest BCUT2D eigenvalue weighted by Gasteiger charge is 2.16. The summed E-state index contributed by atoms with van der Waals surface area (Å²) in [4.78, 5) is 11.6. The molecule has 1 fully saturated rings. The van der Waals surface area contributed by atoms with Crippen LogP contribution in [0.1, 0.15) is 33.1 Å². The topological polar surface area (TPSA) is 75.3 Å². The van der Waals surface area contributed by atoms with Crippen molar-refractivity contribution in [2.24, 2.45) is 11.8 Å². The van der Waals surface area contributed by atoms with Gasteiger partial charge in [-0.1, -0.05) is 13.8 Å². The predicted octanol–water partition coefficient (Wildman–Crippen LogP) is 0.563. The van der Waals surface area contributed by atoms with Gasteiger partial charge in [0.05, 0.1) is 11.5 Å². The first-order chi connectivity index (χ1) is 8.89. The van der Waals surface area contributed by atoms with E-state index in [0.29, 0.717) is 12.5 Å². The van der Waals surface area contributed by atoms with Crippen molar-refractivity contribution < 1.29 is 13.2 Å². The van der Waals surface area contributed by atoms with Crippen LogP contribution in [-0.2, 0) is 14.6 Å². The van der Waals surface area contributed by atoms with E-state index in [9.17, 15) is 13.2 Å². The Hall–Kier alpha value is -0.620. The van der Waals surface area contributed by atoms with Crippen LogP contribution in [0.4, 0.5) is 0 Å². The van der Waals surface area contributed by atoms with Crippen LogP contribution >= 0.6 is 0 Å². The number of sulfone groups is 1. The van der Waals surface area contributed by atoms with Crippen molar-refractivity contribution in [3.63, 3.8) is 0 Å². The van der Waals surface area contributed by atoms with E-state index in [1.165, 1.54) is 6.42 Å². The highest BCUT2D eigenvalue weighted by Crippen LogP contribution is 2.10. The van der Waals surface area contributed by atoms with Gasteiger partial charge in [-0.2, -0.15) is 0 Å². The average molecular weight is 290 g/mol. The maximum atomic E-state index is 11.6. The maximum absolute atomic E-state index is 11.6. The number of hydrogen-bond donors (Lipinski definition) is 2. The number of nitrogens with one attached hydrogen (secondary N) is 2. The zero-order valence-corrected chi connectivity index (χ0v) is 12.8. The Morgan fingerprint density at radius 2 is 2.16 bits per heavy atom. The molecule has 19 heavy (non-hydrogen) atoms. The summed E-state index contributed by atoms with van der Waals surface area (Å²) in [7, 11) is -3.09. The molecule has 1 saturated heterocycles. The largest absolute Gasteiger partial charge is 0.356 e. The van der Waals surface area contributed by atoms with Crippen molar-refractivity contribution >= 4 is 15.7 Å².